The van der Waals surface area contributed by atoms with Crippen LogP contribution in [0.3, 0.4) is 0 Å². The number of nitrogens with zero attached hydrogens (tertiary/aromatic N) is 3. The van der Waals surface area contributed by atoms with Crippen molar-refractivity contribution in [1.82, 2.24) is 15.7 Å². The molecule has 66 valence electrons. The number of hydrogen-bond donors (Lipinski definition) is 2. The molecule has 3 heterocycles. The van der Waals surface area contributed by atoms with Gasteiger partial charge in [-0.3, -0.25) is 0 Å². The third-order valence-corrected chi connectivity index (χ3v) is 2.19. The molecule has 5 heteroatoms. The smallest absolute Gasteiger partial charge is 0.216 e. The van der Waals surface area contributed by atoms with Crippen molar-refractivity contribution >= 4 is 11.8 Å². The number of hydrogen-bond acceptors (Lipinski definition) is 5. The van der Waals surface area contributed by atoms with Gasteiger partial charge in [0.05, 0.1) is 0 Å². The number of aromatic nitrogens is 1. The van der Waals surface area contributed by atoms with Gasteiger partial charge in [0.25, 0.3) is 0 Å². The Morgan fingerprint density at radius 2 is 2.46 bits per heavy atom. The average Bonchev–Trinajstić information content (AvgIpc) is 2.65. The van der Waals surface area contributed by atoms with E-state index in [1.54, 1.807) is 6.20 Å². The van der Waals surface area contributed by atoms with E-state index in [1.807, 2.05) is 11.1 Å². The lowest BCUT2D eigenvalue weighted by Crippen LogP contribution is -2.48. The molecule has 13 heavy (non-hydrogen) atoms. The Bertz CT molecular complexity index is 373. The highest BCUT2D eigenvalue weighted by molar-refractivity contribution is 5.97. The standard InChI is InChI=1S/C8H9N5/c1-2-6-4-10-8-11-5-12-13(8)7(6)9-3-1/h1-3,12H,4-5H2,(H,10,11). The number of aliphatic imine (C=N–C) groups is 1. The van der Waals surface area contributed by atoms with E-state index in [0.29, 0.717) is 6.67 Å². The molecule has 0 atom stereocenters. The molecule has 0 aromatic carbocycles. The molecule has 0 amide bonds. The summed E-state index contributed by atoms with van der Waals surface area (Å²) in [6.45, 7) is 1.43. The van der Waals surface area contributed by atoms with E-state index in [2.05, 4.69) is 26.8 Å². The lowest BCUT2D eigenvalue weighted by atomic mass is 10.2. The van der Waals surface area contributed by atoms with Crippen LogP contribution >= 0.6 is 0 Å². The number of fused-ring (bicyclic) bond motifs is 3. The van der Waals surface area contributed by atoms with Crippen molar-refractivity contribution < 1.29 is 0 Å². The van der Waals surface area contributed by atoms with Crippen LogP contribution in [0.25, 0.3) is 0 Å². The largest absolute Gasteiger partial charge is 0.351 e. The predicted molar refractivity (Wildman–Crippen MR) is 49.0 cm³/mol. The quantitative estimate of drug-likeness (QED) is 0.574. The van der Waals surface area contributed by atoms with Gasteiger partial charge in [-0.15, -0.1) is 0 Å². The molecule has 0 unspecified atom stereocenters. The van der Waals surface area contributed by atoms with Gasteiger partial charge in [-0.25, -0.2) is 20.4 Å². The Kier molecular flexibility index (Phi) is 1.28. The summed E-state index contributed by atoms with van der Waals surface area (Å²) in [7, 11) is 0. The summed E-state index contributed by atoms with van der Waals surface area (Å²) in [6, 6.07) is 4.00. The van der Waals surface area contributed by atoms with E-state index >= 15 is 0 Å². The number of pyridine rings is 1. The minimum absolute atomic E-state index is 0.623. The molecule has 1 aromatic heterocycles. The maximum Gasteiger partial charge on any atom is 0.216 e. The lowest BCUT2D eigenvalue weighted by Gasteiger charge is -2.26. The summed E-state index contributed by atoms with van der Waals surface area (Å²) in [5.41, 5.74) is 4.31. The van der Waals surface area contributed by atoms with E-state index in [0.717, 1.165) is 18.3 Å². The van der Waals surface area contributed by atoms with Crippen molar-refractivity contribution in [2.45, 2.75) is 6.54 Å². The molecule has 2 aliphatic rings. The number of nitrogens with one attached hydrogen (secondary N) is 2. The van der Waals surface area contributed by atoms with Crippen LogP contribution in [0.15, 0.2) is 23.3 Å². The monoisotopic (exact) mass is 175 g/mol. The normalized spacial score (nSPS) is 18.8. The molecule has 2 aliphatic heterocycles. The highest BCUT2D eigenvalue weighted by atomic mass is 15.6. The Morgan fingerprint density at radius 3 is 3.46 bits per heavy atom. The molecule has 0 bridgehead atoms. The minimum Gasteiger partial charge on any atom is -0.351 e. The molecule has 0 fully saturated rings. The molecule has 0 saturated heterocycles. The highest BCUT2D eigenvalue weighted by Gasteiger charge is 2.25. The first-order valence-electron chi connectivity index (χ1n) is 4.21. The molecule has 3 rings (SSSR count). The van der Waals surface area contributed by atoms with Crippen LogP contribution in [0.2, 0.25) is 0 Å². The zero-order valence-electron chi connectivity index (χ0n) is 6.99. The second-order valence-electron chi connectivity index (χ2n) is 2.97. The van der Waals surface area contributed by atoms with Crippen LogP contribution in [0, 0.1) is 0 Å². The summed E-state index contributed by atoms with van der Waals surface area (Å²) in [5, 5.41) is 5.10. The molecular formula is C8H9N5. The van der Waals surface area contributed by atoms with Gasteiger partial charge >= 0.3 is 0 Å². The summed E-state index contributed by atoms with van der Waals surface area (Å²) >= 11 is 0. The maximum atomic E-state index is 4.30. The maximum absolute atomic E-state index is 4.30. The van der Waals surface area contributed by atoms with Crippen molar-refractivity contribution in [3.63, 3.8) is 0 Å². The van der Waals surface area contributed by atoms with E-state index in [-0.39, 0.29) is 0 Å². The summed E-state index contributed by atoms with van der Waals surface area (Å²) in [5.74, 6) is 1.82. The number of rotatable bonds is 0. The average molecular weight is 175 g/mol. The molecule has 0 spiro atoms. The van der Waals surface area contributed by atoms with Crippen LogP contribution < -0.4 is 15.8 Å². The van der Waals surface area contributed by atoms with Crippen molar-refractivity contribution in [2.75, 3.05) is 11.7 Å². The number of anilines is 1. The van der Waals surface area contributed by atoms with E-state index in [9.17, 15) is 0 Å². The molecule has 5 nitrogen and oxygen atoms in total. The minimum atomic E-state index is 0.623. The van der Waals surface area contributed by atoms with Gasteiger partial charge in [-0.2, -0.15) is 0 Å². The van der Waals surface area contributed by atoms with Gasteiger partial charge in [0, 0.05) is 18.3 Å². The second kappa shape index (κ2) is 2.43. The van der Waals surface area contributed by atoms with Gasteiger partial charge in [-0.05, 0) is 6.07 Å². The fourth-order valence-corrected chi connectivity index (χ4v) is 1.58. The number of hydrazine groups is 1. The van der Waals surface area contributed by atoms with Gasteiger partial charge in [-0.1, -0.05) is 6.07 Å². The van der Waals surface area contributed by atoms with Crippen LogP contribution in [0.4, 0.5) is 5.82 Å². The topological polar surface area (TPSA) is 52.6 Å². The molecular weight excluding hydrogens is 166 g/mol. The van der Waals surface area contributed by atoms with Crippen molar-refractivity contribution in [1.29, 1.82) is 0 Å². The zero-order valence-corrected chi connectivity index (χ0v) is 6.99. The van der Waals surface area contributed by atoms with Crippen LogP contribution in [0.5, 0.6) is 0 Å². The summed E-state index contributed by atoms with van der Waals surface area (Å²) in [6.07, 6.45) is 1.79. The Hall–Kier alpha value is -1.62. The van der Waals surface area contributed by atoms with Gasteiger partial charge in [0.2, 0.25) is 5.96 Å². The first-order chi connectivity index (χ1) is 6.45. The fraction of sp³-hybridized carbons (Fsp3) is 0.250. The zero-order chi connectivity index (χ0) is 8.67. The Morgan fingerprint density at radius 1 is 1.46 bits per heavy atom. The molecule has 0 saturated carbocycles. The van der Waals surface area contributed by atoms with Crippen LogP contribution in [0.1, 0.15) is 5.56 Å². The summed E-state index contributed by atoms with van der Waals surface area (Å²) in [4.78, 5) is 8.54. The predicted octanol–water partition coefficient (Wildman–Crippen LogP) is -0.177. The van der Waals surface area contributed by atoms with E-state index in [4.69, 9.17) is 0 Å². The SMILES string of the molecule is c1cnc2c(c1)CNC1=NCNN12. The fourth-order valence-electron chi connectivity index (χ4n) is 1.58. The molecule has 0 aliphatic carbocycles. The second-order valence-corrected chi connectivity index (χ2v) is 2.97. The highest BCUT2D eigenvalue weighted by Crippen LogP contribution is 2.20. The molecule has 1 aromatic rings. The van der Waals surface area contributed by atoms with Crippen molar-refractivity contribution in [2.24, 2.45) is 4.99 Å². The van der Waals surface area contributed by atoms with Gasteiger partial charge in [0.15, 0.2) is 5.82 Å². The third-order valence-electron chi connectivity index (χ3n) is 2.19. The Labute approximate surface area is 75.5 Å². The Balaban J connectivity index is 2.12. The first-order valence-corrected chi connectivity index (χ1v) is 4.21. The van der Waals surface area contributed by atoms with Crippen LogP contribution in [-0.2, 0) is 6.54 Å². The van der Waals surface area contributed by atoms with Crippen LogP contribution in [-0.4, -0.2) is 17.6 Å². The number of guanidine groups is 1. The first kappa shape index (κ1) is 6.85. The van der Waals surface area contributed by atoms with Crippen molar-refractivity contribution in [3.05, 3.63) is 23.9 Å². The third kappa shape index (κ3) is 0.905. The molecule has 2 N–H and O–H groups in total. The van der Waals surface area contributed by atoms with Crippen molar-refractivity contribution in [3.8, 4) is 0 Å². The van der Waals surface area contributed by atoms with Gasteiger partial charge in [0.1, 0.15) is 6.67 Å². The lowest BCUT2D eigenvalue weighted by molar-refractivity contribution is 0.744. The van der Waals surface area contributed by atoms with E-state index in [1.165, 1.54) is 5.56 Å². The van der Waals surface area contributed by atoms with E-state index < -0.39 is 0 Å². The molecule has 0 radical (unpaired) electrons. The summed E-state index contributed by atoms with van der Waals surface area (Å²) < 4.78 is 0. The van der Waals surface area contributed by atoms with Gasteiger partial charge < -0.3 is 5.32 Å².